The minimum Gasteiger partial charge on any atom is -0.463 e. The maximum absolute atomic E-state index is 13.6. The molecule has 0 saturated carbocycles. The molecule has 0 radical (unpaired) electrons. The number of fused-ring (bicyclic) bond motifs is 2. The minimum atomic E-state index is -0.685. The fourth-order valence-corrected chi connectivity index (χ4v) is 5.05. The van der Waals surface area contributed by atoms with Crippen LogP contribution in [0.15, 0.2) is 63.5 Å². The Balaban J connectivity index is 1.72. The Morgan fingerprint density at radius 3 is 2.70 bits per heavy atom. The third kappa shape index (κ3) is 3.76. The number of nitrogens with zero attached hydrogens (tertiary/aromatic N) is 2. The topological polar surface area (TPSA) is 79.1 Å². The van der Waals surface area contributed by atoms with Gasteiger partial charge in [-0.3, -0.25) is 9.36 Å². The molecule has 8 heteroatoms. The minimum absolute atomic E-state index is 0.137. The number of carbonyl (C=O) groups excluding carboxylic acids is 1. The highest BCUT2D eigenvalue weighted by molar-refractivity contribution is 7.07. The number of esters is 1. The van der Waals surface area contributed by atoms with Gasteiger partial charge in [-0.25, -0.2) is 9.79 Å². The molecule has 0 bridgehead atoms. The van der Waals surface area contributed by atoms with Crippen LogP contribution in [0, 0.1) is 6.92 Å². The van der Waals surface area contributed by atoms with Gasteiger partial charge in [-0.2, -0.15) is 0 Å². The average molecular weight is 463 g/mol. The largest absolute Gasteiger partial charge is 0.463 e. The summed E-state index contributed by atoms with van der Waals surface area (Å²) in [6.07, 6.45) is 1.85. The zero-order valence-corrected chi connectivity index (χ0v) is 19.3. The molecule has 1 atom stereocenters. The molecule has 1 aromatic heterocycles. The zero-order chi connectivity index (χ0) is 23.1. The fourth-order valence-electron chi connectivity index (χ4n) is 4.00. The molecule has 0 fully saturated rings. The van der Waals surface area contributed by atoms with Crippen molar-refractivity contribution in [3.05, 3.63) is 90.1 Å². The molecule has 5 rings (SSSR count). The number of carbonyl (C=O) groups is 1. The third-order valence-electron chi connectivity index (χ3n) is 5.60. The van der Waals surface area contributed by atoms with Crippen molar-refractivity contribution in [3.63, 3.8) is 0 Å². The van der Waals surface area contributed by atoms with Gasteiger partial charge in [0.25, 0.3) is 5.56 Å². The lowest BCUT2D eigenvalue weighted by molar-refractivity contribution is -0.139. The standard InChI is InChI=1S/C25H22N2O5S/c1-4-30-24(29)21-15(3)26-25-27(22(21)17-9-10-18-19(12-17)32-13-31-18)23(28)20(33-25)11-16-7-5-14(2)6-8-16/h5-12,22H,4,13H2,1-3H3/b20-11-. The van der Waals surface area contributed by atoms with E-state index in [1.165, 1.54) is 11.3 Å². The molecule has 3 heterocycles. The maximum atomic E-state index is 13.6. The molecular formula is C25H22N2O5S. The van der Waals surface area contributed by atoms with Gasteiger partial charge in [-0.1, -0.05) is 47.2 Å². The lowest BCUT2D eigenvalue weighted by atomic mass is 9.95. The van der Waals surface area contributed by atoms with Gasteiger partial charge in [0.15, 0.2) is 16.3 Å². The summed E-state index contributed by atoms with van der Waals surface area (Å²) in [5.41, 5.74) is 3.44. The smallest absolute Gasteiger partial charge is 0.338 e. The lowest BCUT2D eigenvalue weighted by Gasteiger charge is -2.24. The first-order valence-corrected chi connectivity index (χ1v) is 11.4. The molecule has 0 amide bonds. The van der Waals surface area contributed by atoms with Crippen LogP contribution >= 0.6 is 11.3 Å². The van der Waals surface area contributed by atoms with Crippen LogP contribution in [0.25, 0.3) is 6.08 Å². The molecule has 3 aromatic rings. The number of thiazole rings is 1. The Labute approximate surface area is 193 Å². The van der Waals surface area contributed by atoms with E-state index in [4.69, 9.17) is 14.2 Å². The predicted octanol–water partition coefficient (Wildman–Crippen LogP) is 2.84. The van der Waals surface area contributed by atoms with E-state index in [-0.39, 0.29) is 19.0 Å². The molecule has 2 aliphatic heterocycles. The van der Waals surface area contributed by atoms with Crippen molar-refractivity contribution in [1.82, 2.24) is 4.57 Å². The lowest BCUT2D eigenvalue weighted by Crippen LogP contribution is -2.39. The summed E-state index contributed by atoms with van der Waals surface area (Å²) in [6, 6.07) is 12.7. The summed E-state index contributed by atoms with van der Waals surface area (Å²) >= 11 is 1.30. The average Bonchev–Trinajstić information content (AvgIpc) is 3.38. The Kier molecular flexibility index (Phi) is 5.38. The summed E-state index contributed by atoms with van der Waals surface area (Å²) in [5.74, 6) is 0.713. The number of hydrogen-bond donors (Lipinski definition) is 0. The summed E-state index contributed by atoms with van der Waals surface area (Å²) < 4.78 is 18.4. The molecule has 1 unspecified atom stereocenters. The highest BCUT2D eigenvalue weighted by Crippen LogP contribution is 2.38. The van der Waals surface area contributed by atoms with E-state index in [2.05, 4.69) is 4.99 Å². The van der Waals surface area contributed by atoms with E-state index in [9.17, 15) is 9.59 Å². The molecule has 2 aromatic carbocycles. The van der Waals surface area contributed by atoms with E-state index in [0.717, 1.165) is 16.7 Å². The van der Waals surface area contributed by atoms with Gasteiger partial charge >= 0.3 is 5.97 Å². The van der Waals surface area contributed by atoms with E-state index in [0.29, 0.717) is 32.1 Å². The van der Waals surface area contributed by atoms with Crippen molar-refractivity contribution >= 4 is 23.4 Å². The van der Waals surface area contributed by atoms with E-state index in [1.807, 2.05) is 49.4 Å². The molecule has 0 N–H and O–H groups in total. The summed E-state index contributed by atoms with van der Waals surface area (Å²) in [5, 5.41) is 0. The normalized spacial score (nSPS) is 17.1. The van der Waals surface area contributed by atoms with E-state index < -0.39 is 12.0 Å². The van der Waals surface area contributed by atoms with Crippen molar-refractivity contribution in [2.75, 3.05) is 13.4 Å². The van der Waals surface area contributed by atoms with Crippen LogP contribution in [0.5, 0.6) is 11.5 Å². The maximum Gasteiger partial charge on any atom is 0.338 e. The number of aryl methyl sites for hydroxylation is 1. The number of benzene rings is 2. The van der Waals surface area contributed by atoms with E-state index >= 15 is 0 Å². The van der Waals surface area contributed by atoms with Crippen LogP contribution in [-0.2, 0) is 9.53 Å². The van der Waals surface area contributed by atoms with Crippen molar-refractivity contribution in [2.45, 2.75) is 26.8 Å². The van der Waals surface area contributed by atoms with Crippen LogP contribution in [-0.4, -0.2) is 23.9 Å². The summed E-state index contributed by atoms with van der Waals surface area (Å²) in [7, 11) is 0. The van der Waals surface area contributed by atoms with Crippen LogP contribution in [0.1, 0.15) is 36.6 Å². The number of ether oxygens (including phenoxy) is 3. The molecule has 168 valence electrons. The van der Waals surface area contributed by atoms with Crippen molar-refractivity contribution in [2.24, 2.45) is 4.99 Å². The molecule has 0 saturated heterocycles. The number of allylic oxidation sites excluding steroid dienone is 1. The van der Waals surface area contributed by atoms with Crippen molar-refractivity contribution in [1.29, 1.82) is 0 Å². The quantitative estimate of drug-likeness (QED) is 0.557. The zero-order valence-electron chi connectivity index (χ0n) is 18.5. The van der Waals surface area contributed by atoms with Crippen LogP contribution < -0.4 is 24.4 Å². The highest BCUT2D eigenvalue weighted by atomic mass is 32.1. The predicted molar refractivity (Wildman–Crippen MR) is 124 cm³/mol. The Morgan fingerprint density at radius 2 is 1.94 bits per heavy atom. The van der Waals surface area contributed by atoms with Crippen molar-refractivity contribution in [3.8, 4) is 11.5 Å². The first-order chi connectivity index (χ1) is 16.0. The van der Waals surface area contributed by atoms with Crippen LogP contribution in [0.3, 0.4) is 0 Å². The SMILES string of the molecule is CCOC(=O)C1=C(C)N=c2s/c(=C\c3ccc(C)cc3)c(=O)n2C1c1ccc2c(c1)OCO2. The molecule has 7 nitrogen and oxygen atoms in total. The Hall–Kier alpha value is -3.65. The summed E-state index contributed by atoms with van der Waals surface area (Å²) in [4.78, 5) is 31.7. The summed E-state index contributed by atoms with van der Waals surface area (Å²) in [6.45, 7) is 5.89. The monoisotopic (exact) mass is 462 g/mol. The van der Waals surface area contributed by atoms with Gasteiger partial charge in [0.05, 0.1) is 28.5 Å². The van der Waals surface area contributed by atoms with E-state index in [1.54, 1.807) is 24.5 Å². The first-order valence-electron chi connectivity index (χ1n) is 10.6. The number of aromatic nitrogens is 1. The van der Waals surface area contributed by atoms with Crippen molar-refractivity contribution < 1.29 is 19.0 Å². The van der Waals surface area contributed by atoms with Gasteiger partial charge in [-0.05, 0) is 50.1 Å². The molecule has 0 aliphatic carbocycles. The fraction of sp³-hybridized carbons (Fsp3) is 0.240. The Bertz CT molecular complexity index is 1460. The van der Waals surface area contributed by atoms with Crippen LogP contribution in [0.2, 0.25) is 0 Å². The van der Waals surface area contributed by atoms with Gasteiger partial charge < -0.3 is 14.2 Å². The number of rotatable bonds is 4. The second-order valence-corrected chi connectivity index (χ2v) is 8.83. The Morgan fingerprint density at radius 1 is 1.18 bits per heavy atom. The highest BCUT2D eigenvalue weighted by Gasteiger charge is 2.34. The van der Waals surface area contributed by atoms with Gasteiger partial charge in [0.2, 0.25) is 6.79 Å². The molecule has 0 spiro atoms. The van der Waals surface area contributed by atoms with Gasteiger partial charge in [-0.15, -0.1) is 0 Å². The third-order valence-corrected chi connectivity index (χ3v) is 6.59. The number of hydrogen-bond acceptors (Lipinski definition) is 7. The van der Waals surface area contributed by atoms with Gasteiger partial charge in [0.1, 0.15) is 0 Å². The van der Waals surface area contributed by atoms with Gasteiger partial charge in [0, 0.05) is 0 Å². The molecule has 2 aliphatic rings. The second-order valence-electron chi connectivity index (χ2n) is 7.83. The first kappa shape index (κ1) is 21.2. The molecule has 33 heavy (non-hydrogen) atoms. The second kappa shape index (κ2) is 8.37. The van der Waals surface area contributed by atoms with Crippen LogP contribution in [0.4, 0.5) is 0 Å². The molecular weight excluding hydrogens is 440 g/mol.